The van der Waals surface area contributed by atoms with Gasteiger partial charge >= 0.3 is 0 Å². The summed E-state index contributed by atoms with van der Waals surface area (Å²) in [7, 11) is 0. The van der Waals surface area contributed by atoms with Gasteiger partial charge in [0, 0.05) is 24.1 Å². The van der Waals surface area contributed by atoms with Crippen molar-refractivity contribution >= 4 is 33.1 Å². The van der Waals surface area contributed by atoms with Crippen LogP contribution in [-0.2, 0) is 0 Å². The first kappa shape index (κ1) is 18.9. The first-order valence-corrected chi connectivity index (χ1v) is 10.3. The molecule has 5 aromatic rings. The quantitative estimate of drug-likeness (QED) is 0.439. The summed E-state index contributed by atoms with van der Waals surface area (Å²) in [6.45, 7) is 1.79. The standard InChI is InChI=1S/C22H16N6O2S/c1-14-24-19(28-12-4-11-23-28)13-20(25-14)30-16-9-7-15(8-10-16)26-21(29)22-27-17-5-2-3-6-18(17)31-22/h2-13H,1H3,(H,26,29). The van der Waals surface area contributed by atoms with Crippen LogP contribution in [0.15, 0.2) is 73.1 Å². The summed E-state index contributed by atoms with van der Waals surface area (Å²) in [5.74, 6) is 1.94. The molecule has 3 heterocycles. The van der Waals surface area contributed by atoms with Crippen LogP contribution < -0.4 is 10.1 Å². The molecule has 0 saturated carbocycles. The van der Waals surface area contributed by atoms with Crippen LogP contribution in [-0.4, -0.2) is 30.6 Å². The normalized spacial score (nSPS) is 10.9. The zero-order valence-corrected chi connectivity index (χ0v) is 17.2. The smallest absolute Gasteiger partial charge is 0.284 e. The Balaban J connectivity index is 1.29. The second-order valence-electron chi connectivity index (χ2n) is 6.63. The van der Waals surface area contributed by atoms with Gasteiger partial charge < -0.3 is 10.1 Å². The van der Waals surface area contributed by atoms with Crippen LogP contribution in [0.1, 0.15) is 15.6 Å². The molecule has 2 aromatic carbocycles. The number of rotatable bonds is 5. The summed E-state index contributed by atoms with van der Waals surface area (Å²) in [6.07, 6.45) is 3.48. The molecular formula is C22H16N6O2S. The number of benzene rings is 2. The van der Waals surface area contributed by atoms with Gasteiger partial charge in [0.25, 0.3) is 5.91 Å². The highest BCUT2D eigenvalue weighted by atomic mass is 32.1. The van der Waals surface area contributed by atoms with E-state index in [9.17, 15) is 4.79 Å². The van der Waals surface area contributed by atoms with E-state index in [1.807, 2.05) is 30.3 Å². The molecule has 3 aromatic heterocycles. The Morgan fingerprint density at radius 1 is 1.03 bits per heavy atom. The van der Waals surface area contributed by atoms with Gasteiger partial charge in [-0.15, -0.1) is 11.3 Å². The zero-order valence-electron chi connectivity index (χ0n) is 16.4. The van der Waals surface area contributed by atoms with Gasteiger partial charge in [-0.1, -0.05) is 12.1 Å². The number of carbonyl (C=O) groups excluding carboxylic acids is 1. The van der Waals surface area contributed by atoms with Crippen LogP contribution in [0.5, 0.6) is 11.6 Å². The molecule has 1 amide bonds. The summed E-state index contributed by atoms with van der Waals surface area (Å²) in [5, 5.41) is 7.46. The van der Waals surface area contributed by atoms with Gasteiger partial charge in [0.2, 0.25) is 5.88 Å². The number of anilines is 1. The van der Waals surface area contributed by atoms with Gasteiger partial charge in [-0.2, -0.15) is 10.1 Å². The minimum Gasteiger partial charge on any atom is -0.439 e. The number of carbonyl (C=O) groups is 1. The van der Waals surface area contributed by atoms with E-state index in [1.165, 1.54) is 11.3 Å². The number of hydrogen-bond acceptors (Lipinski definition) is 7. The molecule has 0 atom stereocenters. The Labute approximate surface area is 181 Å². The van der Waals surface area contributed by atoms with Crippen molar-refractivity contribution in [3.8, 4) is 17.4 Å². The van der Waals surface area contributed by atoms with Crippen molar-refractivity contribution in [1.82, 2.24) is 24.7 Å². The third-order valence-electron chi connectivity index (χ3n) is 4.36. The van der Waals surface area contributed by atoms with Crippen molar-refractivity contribution in [2.45, 2.75) is 6.92 Å². The molecule has 0 aliphatic heterocycles. The molecule has 0 spiro atoms. The van der Waals surface area contributed by atoms with E-state index in [0.29, 0.717) is 34.0 Å². The molecule has 0 aliphatic carbocycles. The van der Waals surface area contributed by atoms with Crippen molar-refractivity contribution in [2.24, 2.45) is 0 Å². The first-order valence-electron chi connectivity index (χ1n) is 9.45. The van der Waals surface area contributed by atoms with Crippen LogP contribution in [0.3, 0.4) is 0 Å². The maximum absolute atomic E-state index is 12.5. The van der Waals surface area contributed by atoms with Gasteiger partial charge in [0.1, 0.15) is 11.6 Å². The summed E-state index contributed by atoms with van der Waals surface area (Å²) in [6, 6.07) is 18.3. The van der Waals surface area contributed by atoms with Gasteiger partial charge in [-0.3, -0.25) is 4.79 Å². The van der Waals surface area contributed by atoms with E-state index in [2.05, 4.69) is 25.4 Å². The van der Waals surface area contributed by atoms with Gasteiger partial charge in [0.15, 0.2) is 10.8 Å². The molecule has 9 heteroatoms. The number of ether oxygens (including phenoxy) is 1. The van der Waals surface area contributed by atoms with Crippen LogP contribution in [0, 0.1) is 6.92 Å². The van der Waals surface area contributed by atoms with Gasteiger partial charge in [-0.05, 0) is 49.4 Å². The van der Waals surface area contributed by atoms with Crippen LogP contribution >= 0.6 is 11.3 Å². The fourth-order valence-electron chi connectivity index (χ4n) is 2.98. The maximum atomic E-state index is 12.5. The van der Waals surface area contributed by atoms with Gasteiger partial charge in [0.05, 0.1) is 10.2 Å². The Hall–Kier alpha value is -4.11. The summed E-state index contributed by atoms with van der Waals surface area (Å²) in [4.78, 5) is 25.6. The lowest BCUT2D eigenvalue weighted by Crippen LogP contribution is -2.11. The molecule has 0 aliphatic rings. The molecule has 152 valence electrons. The summed E-state index contributed by atoms with van der Waals surface area (Å²) >= 11 is 1.36. The third-order valence-corrected chi connectivity index (χ3v) is 5.40. The third kappa shape index (κ3) is 4.12. The Morgan fingerprint density at radius 2 is 1.87 bits per heavy atom. The molecule has 0 bridgehead atoms. The molecule has 0 radical (unpaired) electrons. The lowest BCUT2D eigenvalue weighted by molar-refractivity contribution is 0.102. The molecule has 1 N–H and O–H groups in total. The number of thiazole rings is 1. The fraction of sp³-hybridized carbons (Fsp3) is 0.0455. The Kier molecular flexibility index (Phi) is 4.85. The van der Waals surface area contributed by atoms with E-state index in [-0.39, 0.29) is 5.91 Å². The number of aryl methyl sites for hydroxylation is 1. The number of nitrogens with zero attached hydrogens (tertiary/aromatic N) is 5. The maximum Gasteiger partial charge on any atom is 0.284 e. The molecular weight excluding hydrogens is 412 g/mol. The van der Waals surface area contributed by atoms with Crippen LogP contribution in [0.25, 0.3) is 16.0 Å². The zero-order chi connectivity index (χ0) is 21.2. The summed E-state index contributed by atoms with van der Waals surface area (Å²) < 4.78 is 8.49. The molecule has 0 fully saturated rings. The van der Waals surface area contributed by atoms with Crippen molar-refractivity contribution in [3.05, 3.63) is 83.9 Å². The van der Waals surface area contributed by atoms with Crippen molar-refractivity contribution in [3.63, 3.8) is 0 Å². The van der Waals surface area contributed by atoms with Crippen LogP contribution in [0.2, 0.25) is 0 Å². The van der Waals surface area contributed by atoms with E-state index >= 15 is 0 Å². The SMILES string of the molecule is Cc1nc(Oc2ccc(NC(=O)c3nc4ccccc4s3)cc2)cc(-n2cccn2)n1. The average Bonchev–Trinajstić information content (AvgIpc) is 3.45. The minimum atomic E-state index is -0.245. The predicted octanol–water partition coefficient (Wildman–Crippen LogP) is 4.63. The highest BCUT2D eigenvalue weighted by Crippen LogP contribution is 2.25. The second kappa shape index (κ2) is 7.96. The van der Waals surface area contributed by atoms with Gasteiger partial charge in [-0.25, -0.2) is 14.6 Å². The molecule has 31 heavy (non-hydrogen) atoms. The number of para-hydroxylation sites is 1. The van der Waals surface area contributed by atoms with Crippen LogP contribution in [0.4, 0.5) is 5.69 Å². The topological polar surface area (TPSA) is 94.8 Å². The monoisotopic (exact) mass is 428 g/mol. The number of nitrogens with one attached hydrogen (secondary N) is 1. The van der Waals surface area contributed by atoms with Crippen molar-refractivity contribution in [2.75, 3.05) is 5.32 Å². The molecule has 0 saturated heterocycles. The molecule has 8 nitrogen and oxygen atoms in total. The number of fused-ring (bicyclic) bond motifs is 1. The fourth-order valence-corrected chi connectivity index (χ4v) is 3.84. The Bertz CT molecular complexity index is 1330. The van der Waals surface area contributed by atoms with E-state index in [4.69, 9.17) is 4.74 Å². The second-order valence-corrected chi connectivity index (χ2v) is 7.66. The van der Waals surface area contributed by atoms with Crippen molar-refractivity contribution < 1.29 is 9.53 Å². The highest BCUT2D eigenvalue weighted by molar-refractivity contribution is 7.20. The van der Waals surface area contributed by atoms with E-state index in [1.54, 1.807) is 54.3 Å². The van der Waals surface area contributed by atoms with E-state index < -0.39 is 0 Å². The Morgan fingerprint density at radius 3 is 2.65 bits per heavy atom. The molecule has 0 unspecified atom stereocenters. The predicted molar refractivity (Wildman–Crippen MR) is 118 cm³/mol. The first-order chi connectivity index (χ1) is 15.1. The number of amides is 1. The molecule has 5 rings (SSSR count). The highest BCUT2D eigenvalue weighted by Gasteiger charge is 2.12. The largest absolute Gasteiger partial charge is 0.439 e. The summed E-state index contributed by atoms with van der Waals surface area (Å²) in [5.41, 5.74) is 1.46. The minimum absolute atomic E-state index is 0.245. The lowest BCUT2D eigenvalue weighted by atomic mass is 10.3. The van der Waals surface area contributed by atoms with E-state index in [0.717, 1.165) is 10.2 Å². The number of aromatic nitrogens is 5. The van der Waals surface area contributed by atoms with Crippen molar-refractivity contribution in [1.29, 1.82) is 0 Å². The number of hydrogen-bond donors (Lipinski definition) is 1. The lowest BCUT2D eigenvalue weighted by Gasteiger charge is -2.09. The average molecular weight is 428 g/mol.